The predicted octanol–water partition coefficient (Wildman–Crippen LogP) is 3.45. The lowest BCUT2D eigenvalue weighted by atomic mass is 9.91. The van der Waals surface area contributed by atoms with Crippen molar-refractivity contribution >= 4 is 0 Å². The number of benzene rings is 1. The fourth-order valence-corrected chi connectivity index (χ4v) is 1.52. The van der Waals surface area contributed by atoms with Gasteiger partial charge in [0, 0.05) is 5.54 Å². The van der Waals surface area contributed by atoms with Gasteiger partial charge < -0.3 is 10.5 Å². The maximum absolute atomic E-state index is 6.05. The van der Waals surface area contributed by atoms with Crippen LogP contribution in [-0.4, -0.2) is 12.1 Å². The van der Waals surface area contributed by atoms with Gasteiger partial charge in [0.05, 0.1) is 12.7 Å². The summed E-state index contributed by atoms with van der Waals surface area (Å²) >= 11 is 0. The molecule has 0 radical (unpaired) electrons. The highest BCUT2D eigenvalue weighted by atomic mass is 16.5. The largest absolute Gasteiger partial charge is 0.373 e. The van der Waals surface area contributed by atoms with Crippen LogP contribution >= 0.6 is 0 Å². The van der Waals surface area contributed by atoms with Crippen LogP contribution in [-0.2, 0) is 4.74 Å². The summed E-state index contributed by atoms with van der Waals surface area (Å²) in [7, 11) is 0. The molecule has 2 nitrogen and oxygen atoms in total. The Labute approximate surface area is 105 Å². The molecule has 0 aliphatic heterocycles. The lowest BCUT2D eigenvalue weighted by Gasteiger charge is -2.28. The van der Waals surface area contributed by atoms with E-state index in [1.807, 2.05) is 13.8 Å². The average molecular weight is 235 g/mol. The highest BCUT2D eigenvalue weighted by Gasteiger charge is 2.21. The minimum atomic E-state index is -0.188. The van der Waals surface area contributed by atoms with Gasteiger partial charge in [-0.2, -0.15) is 0 Å². The Morgan fingerprint density at radius 2 is 1.94 bits per heavy atom. The summed E-state index contributed by atoms with van der Waals surface area (Å²) < 4.78 is 5.89. The van der Waals surface area contributed by atoms with Gasteiger partial charge in [-0.25, -0.2) is 0 Å². The van der Waals surface area contributed by atoms with E-state index in [0.29, 0.717) is 12.5 Å². The van der Waals surface area contributed by atoms with Crippen molar-refractivity contribution in [1.29, 1.82) is 0 Å². The topological polar surface area (TPSA) is 35.2 Å². The van der Waals surface area contributed by atoms with E-state index in [1.54, 1.807) is 0 Å². The number of nitrogens with two attached hydrogens (primary N) is 1. The Hall–Kier alpha value is -0.860. The van der Waals surface area contributed by atoms with Crippen molar-refractivity contribution < 1.29 is 4.74 Å². The summed E-state index contributed by atoms with van der Waals surface area (Å²) in [5.74, 6) is 0.342. The van der Waals surface area contributed by atoms with Gasteiger partial charge in [-0.15, -0.1) is 0 Å². The second kappa shape index (κ2) is 5.65. The van der Waals surface area contributed by atoms with E-state index in [-0.39, 0.29) is 11.6 Å². The maximum Gasteiger partial charge on any atom is 0.0797 e. The molecule has 0 aliphatic carbocycles. The van der Waals surface area contributed by atoms with E-state index in [9.17, 15) is 0 Å². The summed E-state index contributed by atoms with van der Waals surface area (Å²) in [6, 6.07) is 8.45. The molecular weight excluding hydrogens is 210 g/mol. The molecule has 0 saturated heterocycles. The van der Waals surface area contributed by atoms with Crippen LogP contribution in [0.5, 0.6) is 0 Å². The Bertz CT molecular complexity index is 354. The molecule has 0 aliphatic rings. The predicted molar refractivity (Wildman–Crippen MR) is 73.0 cm³/mol. The van der Waals surface area contributed by atoms with Crippen molar-refractivity contribution in [3.8, 4) is 0 Å². The zero-order valence-corrected chi connectivity index (χ0v) is 11.7. The Kier molecular flexibility index (Phi) is 4.72. The Morgan fingerprint density at radius 3 is 2.47 bits per heavy atom. The van der Waals surface area contributed by atoms with Crippen LogP contribution in [0.25, 0.3) is 0 Å². The zero-order chi connectivity index (χ0) is 13.1. The van der Waals surface area contributed by atoms with Crippen molar-refractivity contribution in [3.63, 3.8) is 0 Å². The van der Waals surface area contributed by atoms with Gasteiger partial charge in [0.2, 0.25) is 0 Å². The number of hydrogen-bond acceptors (Lipinski definition) is 2. The molecule has 2 N–H and O–H groups in total. The standard InChI is InChI=1S/C15H25NO/c1-11-7-6-8-14(9-11)13(3)17-10-12(2)15(4,5)16/h6-9,12-13H,10,16H2,1-5H3. The maximum atomic E-state index is 6.05. The molecule has 2 atom stereocenters. The van der Waals surface area contributed by atoms with E-state index < -0.39 is 0 Å². The molecule has 0 bridgehead atoms. The van der Waals surface area contributed by atoms with E-state index in [1.165, 1.54) is 11.1 Å². The summed E-state index contributed by atoms with van der Waals surface area (Å²) in [5, 5.41) is 0. The van der Waals surface area contributed by atoms with Gasteiger partial charge in [-0.3, -0.25) is 0 Å². The molecule has 1 rings (SSSR count). The molecule has 0 spiro atoms. The monoisotopic (exact) mass is 235 g/mol. The van der Waals surface area contributed by atoms with Gasteiger partial charge >= 0.3 is 0 Å². The third kappa shape index (κ3) is 4.49. The molecule has 17 heavy (non-hydrogen) atoms. The van der Waals surface area contributed by atoms with Crippen molar-refractivity contribution in [2.45, 2.75) is 46.3 Å². The average Bonchev–Trinajstić information content (AvgIpc) is 2.24. The van der Waals surface area contributed by atoms with E-state index in [2.05, 4.69) is 45.0 Å². The summed E-state index contributed by atoms with van der Waals surface area (Å²) in [5.41, 5.74) is 8.36. The molecule has 96 valence electrons. The van der Waals surface area contributed by atoms with Gasteiger partial charge in [-0.1, -0.05) is 36.8 Å². The summed E-state index contributed by atoms with van der Waals surface area (Å²) in [4.78, 5) is 0. The van der Waals surface area contributed by atoms with Crippen LogP contribution in [0.4, 0.5) is 0 Å². The van der Waals surface area contributed by atoms with E-state index in [4.69, 9.17) is 10.5 Å². The SMILES string of the molecule is Cc1cccc(C(C)OCC(C)C(C)(C)N)c1. The fourth-order valence-electron chi connectivity index (χ4n) is 1.52. The van der Waals surface area contributed by atoms with Crippen molar-refractivity contribution in [3.05, 3.63) is 35.4 Å². The first-order chi connectivity index (χ1) is 7.80. The van der Waals surface area contributed by atoms with Gasteiger partial charge in [-0.05, 0) is 39.2 Å². The minimum Gasteiger partial charge on any atom is -0.373 e. The fraction of sp³-hybridized carbons (Fsp3) is 0.600. The number of ether oxygens (including phenoxy) is 1. The van der Waals surface area contributed by atoms with Crippen molar-refractivity contribution in [1.82, 2.24) is 0 Å². The first-order valence-corrected chi connectivity index (χ1v) is 6.27. The molecule has 1 aromatic carbocycles. The molecule has 2 unspecified atom stereocenters. The van der Waals surface area contributed by atoms with Gasteiger partial charge in [0.1, 0.15) is 0 Å². The molecule has 1 aromatic rings. The Morgan fingerprint density at radius 1 is 1.29 bits per heavy atom. The van der Waals surface area contributed by atoms with Crippen LogP contribution in [0.3, 0.4) is 0 Å². The third-order valence-electron chi connectivity index (χ3n) is 3.38. The lowest BCUT2D eigenvalue weighted by molar-refractivity contribution is 0.0281. The van der Waals surface area contributed by atoms with Crippen LogP contribution in [0, 0.1) is 12.8 Å². The van der Waals surface area contributed by atoms with Gasteiger partial charge in [0.15, 0.2) is 0 Å². The number of rotatable bonds is 5. The van der Waals surface area contributed by atoms with Crippen LogP contribution in [0.15, 0.2) is 24.3 Å². The highest BCUT2D eigenvalue weighted by Crippen LogP contribution is 2.21. The second-order valence-corrected chi connectivity index (χ2v) is 5.61. The van der Waals surface area contributed by atoms with Crippen LogP contribution in [0.1, 0.15) is 44.9 Å². The molecule has 0 saturated carbocycles. The Balaban J connectivity index is 2.53. The van der Waals surface area contributed by atoms with Crippen LogP contribution in [0.2, 0.25) is 0 Å². The molecule has 2 heteroatoms. The molecule has 0 amide bonds. The number of aryl methyl sites for hydroxylation is 1. The molecule has 0 aromatic heterocycles. The minimum absolute atomic E-state index is 0.125. The first kappa shape index (κ1) is 14.2. The number of hydrogen-bond donors (Lipinski definition) is 1. The summed E-state index contributed by atoms with van der Waals surface area (Å²) in [6.07, 6.45) is 0.125. The normalized spacial score (nSPS) is 15.6. The quantitative estimate of drug-likeness (QED) is 0.848. The molecular formula is C15H25NO. The zero-order valence-electron chi connectivity index (χ0n) is 11.7. The molecule has 0 heterocycles. The third-order valence-corrected chi connectivity index (χ3v) is 3.38. The highest BCUT2D eigenvalue weighted by molar-refractivity contribution is 5.23. The summed E-state index contributed by atoms with van der Waals surface area (Å²) in [6.45, 7) is 11.1. The van der Waals surface area contributed by atoms with Gasteiger partial charge in [0.25, 0.3) is 0 Å². The molecule has 0 fully saturated rings. The van der Waals surface area contributed by atoms with Crippen molar-refractivity contribution in [2.75, 3.05) is 6.61 Å². The van der Waals surface area contributed by atoms with E-state index in [0.717, 1.165) is 0 Å². The van der Waals surface area contributed by atoms with E-state index >= 15 is 0 Å². The smallest absolute Gasteiger partial charge is 0.0797 e. The van der Waals surface area contributed by atoms with Crippen LogP contribution < -0.4 is 5.73 Å². The second-order valence-electron chi connectivity index (χ2n) is 5.61. The van der Waals surface area contributed by atoms with Crippen molar-refractivity contribution in [2.24, 2.45) is 11.7 Å². The lowest BCUT2D eigenvalue weighted by Crippen LogP contribution is -2.41. The first-order valence-electron chi connectivity index (χ1n) is 6.27.